The molecule has 0 saturated heterocycles. The second-order valence-corrected chi connectivity index (χ2v) is 10.6. The Morgan fingerprint density at radius 1 is 0.947 bits per heavy atom. The lowest BCUT2D eigenvalue weighted by Gasteiger charge is -2.12. The van der Waals surface area contributed by atoms with Gasteiger partial charge in [-0.2, -0.15) is 0 Å². The third-order valence-corrected chi connectivity index (χ3v) is 8.03. The van der Waals surface area contributed by atoms with Crippen LogP contribution in [0, 0.1) is 6.92 Å². The molecule has 0 radical (unpaired) electrons. The van der Waals surface area contributed by atoms with E-state index in [9.17, 15) is 22.8 Å². The summed E-state index contributed by atoms with van der Waals surface area (Å²) >= 11 is 12.3. The van der Waals surface area contributed by atoms with Crippen molar-refractivity contribution in [3.05, 3.63) is 110 Å². The number of hydrogen-bond donors (Lipinski definition) is 1. The molecular weight excluding hydrogens is 553 g/mol. The third-order valence-electron chi connectivity index (χ3n) is 5.74. The summed E-state index contributed by atoms with van der Waals surface area (Å²) in [5.74, 6) is -1.42. The van der Waals surface area contributed by atoms with E-state index in [1.54, 1.807) is 74.6 Å². The number of rotatable bonds is 8. The molecule has 12 heteroatoms. The Morgan fingerprint density at radius 2 is 1.55 bits per heavy atom. The maximum Gasteiger partial charge on any atom is 0.338 e. The van der Waals surface area contributed by atoms with Crippen molar-refractivity contribution in [3.63, 3.8) is 0 Å². The molecule has 3 aromatic carbocycles. The minimum atomic E-state index is -4.50. The molecule has 4 aromatic rings. The highest BCUT2D eigenvalue weighted by atomic mass is 35.5. The van der Waals surface area contributed by atoms with Gasteiger partial charge in [-0.1, -0.05) is 71.7 Å². The zero-order valence-corrected chi connectivity index (χ0v) is 22.5. The number of Topliss-reactive ketones (excluding diaryl/α,β-unsaturated/α-hetero) is 1. The van der Waals surface area contributed by atoms with Crippen molar-refractivity contribution in [2.45, 2.75) is 11.8 Å². The van der Waals surface area contributed by atoms with E-state index in [0.717, 1.165) is 12.1 Å². The van der Waals surface area contributed by atoms with Crippen molar-refractivity contribution < 1.29 is 22.7 Å². The van der Waals surface area contributed by atoms with Crippen molar-refractivity contribution in [1.82, 2.24) is 9.36 Å². The predicted octanol–water partition coefficient (Wildman–Crippen LogP) is 4.63. The molecule has 9 nitrogen and oxygen atoms in total. The summed E-state index contributed by atoms with van der Waals surface area (Å²) in [6.07, 6.45) is 0. The molecule has 0 bridgehead atoms. The lowest BCUT2D eigenvalue weighted by atomic mass is 10.1. The normalized spacial score (nSPS) is 11.3. The van der Waals surface area contributed by atoms with Gasteiger partial charge in [0, 0.05) is 12.6 Å². The van der Waals surface area contributed by atoms with Gasteiger partial charge in [0.15, 0.2) is 12.4 Å². The number of esters is 1. The molecule has 0 aliphatic heterocycles. The zero-order chi connectivity index (χ0) is 27.6. The first-order valence-electron chi connectivity index (χ1n) is 11.1. The average Bonchev–Trinajstić information content (AvgIpc) is 3.11. The fourth-order valence-electron chi connectivity index (χ4n) is 3.67. The SMILES string of the molecule is Cc1c(NS(=O)(=O)c2cc(C(=O)OCC(=O)c3ccccc3)cc(Cl)c2Cl)c(=O)n(-c2ccccc2)n1C. The Hall–Kier alpha value is -3.86. The summed E-state index contributed by atoms with van der Waals surface area (Å²) < 4.78 is 36.8. The molecule has 0 aliphatic rings. The van der Waals surface area contributed by atoms with Crippen LogP contribution in [0.3, 0.4) is 0 Å². The first-order chi connectivity index (χ1) is 18.0. The van der Waals surface area contributed by atoms with Crippen molar-refractivity contribution >= 4 is 50.7 Å². The van der Waals surface area contributed by atoms with Gasteiger partial charge in [0.2, 0.25) is 0 Å². The van der Waals surface area contributed by atoms with Gasteiger partial charge in [-0.3, -0.25) is 19.0 Å². The largest absolute Gasteiger partial charge is 0.454 e. The quantitative estimate of drug-likeness (QED) is 0.242. The van der Waals surface area contributed by atoms with Crippen LogP contribution in [-0.2, 0) is 21.8 Å². The number of hydrogen-bond acceptors (Lipinski definition) is 6. The second kappa shape index (κ2) is 10.9. The van der Waals surface area contributed by atoms with E-state index >= 15 is 0 Å². The van der Waals surface area contributed by atoms with Crippen LogP contribution in [0.15, 0.2) is 82.5 Å². The maximum absolute atomic E-state index is 13.3. The molecule has 0 atom stereocenters. The minimum absolute atomic E-state index is 0.204. The summed E-state index contributed by atoms with van der Waals surface area (Å²) in [7, 11) is -2.89. The third kappa shape index (κ3) is 5.38. The fraction of sp³-hybridized carbons (Fsp3) is 0.115. The molecule has 196 valence electrons. The monoisotopic (exact) mass is 573 g/mol. The molecule has 38 heavy (non-hydrogen) atoms. The number of nitrogens with zero attached hydrogens (tertiary/aromatic N) is 2. The van der Waals surface area contributed by atoms with Crippen molar-refractivity contribution in [2.75, 3.05) is 11.3 Å². The Balaban J connectivity index is 1.64. The molecule has 0 spiro atoms. The topological polar surface area (TPSA) is 116 Å². The number of carbonyl (C=O) groups excluding carboxylic acids is 2. The van der Waals surface area contributed by atoms with Gasteiger partial charge in [-0.05, 0) is 31.2 Å². The number of aromatic nitrogens is 2. The van der Waals surface area contributed by atoms with Gasteiger partial charge in [0.1, 0.15) is 10.6 Å². The smallest absolute Gasteiger partial charge is 0.338 e. The summed E-state index contributed by atoms with van der Waals surface area (Å²) in [5.41, 5.74) is 0.152. The Labute approximate surface area is 228 Å². The summed E-state index contributed by atoms with van der Waals surface area (Å²) in [4.78, 5) is 37.5. The van der Waals surface area contributed by atoms with Crippen LogP contribution < -0.4 is 10.3 Å². The molecule has 0 unspecified atom stereocenters. The summed E-state index contributed by atoms with van der Waals surface area (Å²) in [6.45, 7) is 1.01. The van der Waals surface area contributed by atoms with Crippen LogP contribution in [-0.4, -0.2) is 36.1 Å². The molecular formula is C26H21Cl2N3O6S. The van der Waals surface area contributed by atoms with Crippen LogP contribution in [0.25, 0.3) is 5.69 Å². The lowest BCUT2D eigenvalue weighted by molar-refractivity contribution is 0.0474. The average molecular weight is 574 g/mol. The number of halogens is 2. The Bertz CT molecular complexity index is 1700. The molecule has 0 saturated carbocycles. The molecule has 1 aromatic heterocycles. The van der Waals surface area contributed by atoms with Gasteiger partial charge in [-0.25, -0.2) is 17.9 Å². The first-order valence-corrected chi connectivity index (χ1v) is 13.4. The second-order valence-electron chi connectivity index (χ2n) is 8.18. The molecule has 0 fully saturated rings. The minimum Gasteiger partial charge on any atom is -0.454 e. The molecule has 0 aliphatic carbocycles. The number of benzene rings is 3. The van der Waals surface area contributed by atoms with E-state index < -0.39 is 38.8 Å². The highest BCUT2D eigenvalue weighted by Crippen LogP contribution is 2.32. The highest BCUT2D eigenvalue weighted by Gasteiger charge is 2.27. The number of sulfonamides is 1. The van der Waals surface area contributed by atoms with E-state index in [0.29, 0.717) is 16.9 Å². The molecule has 1 heterocycles. The highest BCUT2D eigenvalue weighted by molar-refractivity contribution is 7.92. The van der Waals surface area contributed by atoms with Crippen LogP contribution in [0.1, 0.15) is 26.4 Å². The van der Waals surface area contributed by atoms with E-state index in [2.05, 4.69) is 4.72 Å². The van der Waals surface area contributed by atoms with Gasteiger partial charge in [-0.15, -0.1) is 0 Å². The summed E-state index contributed by atoms with van der Waals surface area (Å²) in [6, 6.07) is 19.0. The maximum atomic E-state index is 13.3. The molecule has 1 N–H and O–H groups in total. The predicted molar refractivity (Wildman–Crippen MR) is 144 cm³/mol. The van der Waals surface area contributed by atoms with E-state index in [4.69, 9.17) is 27.9 Å². The van der Waals surface area contributed by atoms with Crippen molar-refractivity contribution in [2.24, 2.45) is 7.05 Å². The van der Waals surface area contributed by atoms with Crippen LogP contribution in [0.2, 0.25) is 10.0 Å². The Morgan fingerprint density at radius 3 is 2.18 bits per heavy atom. The number of ether oxygens (including phenoxy) is 1. The number of nitrogens with one attached hydrogen (secondary N) is 1. The summed E-state index contributed by atoms with van der Waals surface area (Å²) in [5, 5.41) is -0.588. The van der Waals surface area contributed by atoms with Gasteiger partial charge >= 0.3 is 5.97 Å². The van der Waals surface area contributed by atoms with Crippen molar-refractivity contribution in [3.8, 4) is 5.69 Å². The van der Waals surface area contributed by atoms with E-state index in [1.165, 1.54) is 9.36 Å². The molecule has 0 amide bonds. The fourth-order valence-corrected chi connectivity index (χ4v) is 5.61. The van der Waals surface area contributed by atoms with Crippen molar-refractivity contribution in [1.29, 1.82) is 0 Å². The number of ketones is 1. The van der Waals surface area contributed by atoms with Gasteiger partial charge in [0.05, 0.1) is 27.0 Å². The number of anilines is 1. The van der Waals surface area contributed by atoms with E-state index in [-0.39, 0.29) is 21.3 Å². The Kier molecular flexibility index (Phi) is 7.77. The lowest BCUT2D eigenvalue weighted by Crippen LogP contribution is -2.23. The standard InChI is InChI=1S/C26H21Cl2N3O6S/c1-16-24(25(33)31(30(16)2)19-11-7-4-8-12-19)29-38(35,36)22-14-18(13-20(27)23(22)28)26(34)37-15-21(32)17-9-5-3-6-10-17/h3-14,29H,15H2,1-2H3. The molecule has 4 rings (SSSR count). The van der Waals surface area contributed by atoms with E-state index in [1.807, 2.05) is 0 Å². The number of carbonyl (C=O) groups is 2. The van der Waals surface area contributed by atoms with Gasteiger partial charge in [0.25, 0.3) is 15.6 Å². The zero-order valence-electron chi connectivity index (χ0n) is 20.1. The number of para-hydroxylation sites is 1. The van der Waals surface area contributed by atoms with Crippen LogP contribution in [0.5, 0.6) is 0 Å². The van der Waals surface area contributed by atoms with Gasteiger partial charge < -0.3 is 4.74 Å². The van der Waals surface area contributed by atoms with Crippen LogP contribution >= 0.6 is 23.2 Å². The first kappa shape index (κ1) is 27.2. The van der Waals surface area contributed by atoms with Crippen LogP contribution in [0.4, 0.5) is 5.69 Å².